The van der Waals surface area contributed by atoms with E-state index >= 15 is 0 Å². The van der Waals surface area contributed by atoms with Crippen LogP contribution in [0.2, 0.25) is 0 Å². The van der Waals surface area contributed by atoms with Crippen LogP contribution >= 0.6 is 11.3 Å². The Morgan fingerprint density at radius 1 is 1.12 bits per heavy atom. The van der Waals surface area contributed by atoms with E-state index in [1.54, 1.807) is 18.4 Å². The van der Waals surface area contributed by atoms with Crippen molar-refractivity contribution in [1.82, 2.24) is 15.6 Å². The van der Waals surface area contributed by atoms with Gasteiger partial charge in [0.15, 0.2) is 5.96 Å². The lowest BCUT2D eigenvalue weighted by Gasteiger charge is -2.11. The molecular weight excluding hydrogens is 332 g/mol. The van der Waals surface area contributed by atoms with Gasteiger partial charge in [0, 0.05) is 44.2 Å². The fraction of sp³-hybridized carbons (Fsp3) is 0.474. The molecular formula is C19H28N4OS. The first-order valence-corrected chi connectivity index (χ1v) is 9.57. The second-order valence-corrected chi connectivity index (χ2v) is 7.06. The molecule has 6 heteroatoms. The van der Waals surface area contributed by atoms with Crippen LogP contribution in [0.3, 0.4) is 0 Å². The first kappa shape index (κ1) is 19.4. The van der Waals surface area contributed by atoms with Crippen LogP contribution in [0.4, 0.5) is 0 Å². The lowest BCUT2D eigenvalue weighted by atomic mass is 10.2. The molecule has 0 unspecified atom stereocenters. The fourth-order valence-electron chi connectivity index (χ4n) is 2.34. The van der Waals surface area contributed by atoms with E-state index in [4.69, 9.17) is 4.74 Å². The number of benzene rings is 1. The number of aryl methyl sites for hydroxylation is 1. The van der Waals surface area contributed by atoms with Crippen molar-refractivity contribution in [2.75, 3.05) is 33.4 Å². The maximum Gasteiger partial charge on any atom is 0.190 e. The molecule has 136 valence electrons. The van der Waals surface area contributed by atoms with Crippen LogP contribution in [0.1, 0.15) is 21.9 Å². The molecule has 2 rings (SSSR count). The molecule has 1 aromatic heterocycles. The van der Waals surface area contributed by atoms with Gasteiger partial charge in [0.2, 0.25) is 0 Å². The highest BCUT2D eigenvalue weighted by molar-refractivity contribution is 7.11. The molecule has 5 nitrogen and oxygen atoms in total. The molecule has 0 fully saturated rings. The molecule has 0 amide bonds. The Kier molecular flexibility index (Phi) is 9.01. The van der Waals surface area contributed by atoms with Gasteiger partial charge < -0.3 is 15.4 Å². The highest BCUT2D eigenvalue weighted by Gasteiger charge is 2.01. The molecule has 0 saturated heterocycles. The van der Waals surface area contributed by atoms with Crippen LogP contribution in [0, 0.1) is 6.92 Å². The van der Waals surface area contributed by atoms with Gasteiger partial charge in [-0.05, 0) is 25.3 Å². The van der Waals surface area contributed by atoms with E-state index in [1.165, 1.54) is 10.4 Å². The first-order chi connectivity index (χ1) is 12.3. The molecule has 0 bridgehead atoms. The molecule has 2 N–H and O–H groups in total. The van der Waals surface area contributed by atoms with E-state index in [0.29, 0.717) is 0 Å². The van der Waals surface area contributed by atoms with Crippen molar-refractivity contribution in [3.05, 3.63) is 52.0 Å². The van der Waals surface area contributed by atoms with Crippen LogP contribution in [0.15, 0.2) is 41.5 Å². The summed E-state index contributed by atoms with van der Waals surface area (Å²) in [6, 6.07) is 10.4. The van der Waals surface area contributed by atoms with Crippen molar-refractivity contribution in [2.24, 2.45) is 4.99 Å². The Morgan fingerprint density at radius 3 is 2.64 bits per heavy atom. The predicted octanol–water partition coefficient (Wildman–Crippen LogP) is 2.81. The Bertz CT molecular complexity index is 627. The van der Waals surface area contributed by atoms with Gasteiger partial charge in [-0.3, -0.25) is 4.99 Å². The highest BCUT2D eigenvalue weighted by Crippen LogP contribution is 2.10. The van der Waals surface area contributed by atoms with E-state index in [0.717, 1.165) is 56.5 Å². The van der Waals surface area contributed by atoms with Gasteiger partial charge >= 0.3 is 0 Å². The van der Waals surface area contributed by atoms with Crippen LogP contribution in [0.5, 0.6) is 0 Å². The lowest BCUT2D eigenvalue weighted by Crippen LogP contribution is -2.39. The highest BCUT2D eigenvalue weighted by atomic mass is 32.1. The standard InChI is InChI=1S/C19H28N4OS/c1-16-15-23-18(25-16)9-12-22-19(20-2)21-11-6-13-24-14-10-17-7-4-3-5-8-17/h3-5,7-8,15H,6,9-14H2,1-2H3,(H2,20,21,22). The molecule has 25 heavy (non-hydrogen) atoms. The second kappa shape index (κ2) is 11.6. The van der Waals surface area contributed by atoms with Crippen LogP contribution < -0.4 is 10.6 Å². The summed E-state index contributed by atoms with van der Waals surface area (Å²) in [6.45, 7) is 5.29. The summed E-state index contributed by atoms with van der Waals surface area (Å²) in [5.74, 6) is 0.831. The number of ether oxygens (including phenoxy) is 1. The minimum Gasteiger partial charge on any atom is -0.381 e. The van der Waals surface area contributed by atoms with Crippen molar-refractivity contribution in [3.8, 4) is 0 Å². The average molecular weight is 361 g/mol. The van der Waals surface area contributed by atoms with Gasteiger partial charge in [0.05, 0.1) is 11.6 Å². The van der Waals surface area contributed by atoms with Gasteiger partial charge in [-0.2, -0.15) is 0 Å². The third kappa shape index (κ3) is 8.14. The molecule has 2 aromatic rings. The fourth-order valence-corrected chi connectivity index (χ4v) is 3.13. The monoisotopic (exact) mass is 360 g/mol. The number of guanidine groups is 1. The SMILES string of the molecule is CN=C(NCCCOCCc1ccccc1)NCCc1ncc(C)s1. The largest absolute Gasteiger partial charge is 0.381 e. The number of hydrogen-bond acceptors (Lipinski definition) is 4. The molecule has 1 heterocycles. The number of rotatable bonds is 10. The van der Waals surface area contributed by atoms with Crippen molar-refractivity contribution >= 4 is 17.3 Å². The van der Waals surface area contributed by atoms with Crippen LogP contribution in [-0.4, -0.2) is 44.3 Å². The Balaban J connectivity index is 1.48. The summed E-state index contributed by atoms with van der Waals surface area (Å²) in [7, 11) is 1.79. The predicted molar refractivity (Wildman–Crippen MR) is 106 cm³/mol. The molecule has 0 aliphatic rings. The number of nitrogens with one attached hydrogen (secondary N) is 2. The molecule has 1 aromatic carbocycles. The quantitative estimate of drug-likeness (QED) is 0.389. The van der Waals surface area contributed by atoms with Gasteiger partial charge in [-0.15, -0.1) is 11.3 Å². The number of nitrogens with zero attached hydrogens (tertiary/aromatic N) is 2. The van der Waals surface area contributed by atoms with Crippen molar-refractivity contribution < 1.29 is 4.74 Å². The van der Waals surface area contributed by atoms with Crippen molar-refractivity contribution in [3.63, 3.8) is 0 Å². The van der Waals surface area contributed by atoms with Crippen LogP contribution in [-0.2, 0) is 17.6 Å². The number of aliphatic imine (C=N–C) groups is 1. The molecule has 0 aliphatic heterocycles. The Morgan fingerprint density at radius 2 is 1.92 bits per heavy atom. The second-order valence-electron chi connectivity index (χ2n) is 5.74. The minimum atomic E-state index is 0.759. The van der Waals surface area contributed by atoms with Gasteiger partial charge in [0.1, 0.15) is 0 Å². The van der Waals surface area contributed by atoms with E-state index in [9.17, 15) is 0 Å². The summed E-state index contributed by atoms with van der Waals surface area (Å²) in [6.07, 6.45) is 4.77. The average Bonchev–Trinajstić information content (AvgIpc) is 3.05. The topological polar surface area (TPSA) is 58.5 Å². The van der Waals surface area contributed by atoms with Gasteiger partial charge in [0.25, 0.3) is 0 Å². The first-order valence-electron chi connectivity index (χ1n) is 8.75. The van der Waals surface area contributed by atoms with Crippen LogP contribution in [0.25, 0.3) is 0 Å². The van der Waals surface area contributed by atoms with E-state index in [-0.39, 0.29) is 0 Å². The van der Waals surface area contributed by atoms with E-state index in [2.05, 4.69) is 51.8 Å². The van der Waals surface area contributed by atoms with Crippen molar-refractivity contribution in [1.29, 1.82) is 0 Å². The zero-order valence-electron chi connectivity index (χ0n) is 15.1. The van der Waals surface area contributed by atoms with E-state index < -0.39 is 0 Å². The third-order valence-electron chi connectivity index (χ3n) is 3.66. The molecule has 0 saturated carbocycles. The summed E-state index contributed by atoms with van der Waals surface area (Å²) in [5, 5.41) is 7.79. The molecule has 0 aliphatic carbocycles. The zero-order chi connectivity index (χ0) is 17.7. The number of hydrogen-bond donors (Lipinski definition) is 2. The molecule has 0 atom stereocenters. The summed E-state index contributed by atoms with van der Waals surface area (Å²) in [4.78, 5) is 9.86. The van der Waals surface area contributed by atoms with Gasteiger partial charge in [-0.1, -0.05) is 30.3 Å². The zero-order valence-corrected chi connectivity index (χ0v) is 15.9. The molecule has 0 radical (unpaired) electrons. The summed E-state index contributed by atoms with van der Waals surface area (Å²) < 4.78 is 5.69. The normalized spacial score (nSPS) is 11.5. The smallest absolute Gasteiger partial charge is 0.190 e. The Labute approximate surface area is 154 Å². The van der Waals surface area contributed by atoms with Gasteiger partial charge in [-0.25, -0.2) is 4.98 Å². The minimum absolute atomic E-state index is 0.759. The number of aromatic nitrogens is 1. The van der Waals surface area contributed by atoms with E-state index in [1.807, 2.05) is 12.3 Å². The Hall–Kier alpha value is -1.92. The third-order valence-corrected chi connectivity index (χ3v) is 4.63. The summed E-state index contributed by atoms with van der Waals surface area (Å²) in [5.41, 5.74) is 1.32. The maximum atomic E-state index is 5.69. The van der Waals surface area contributed by atoms with Crippen molar-refractivity contribution in [2.45, 2.75) is 26.2 Å². The lowest BCUT2D eigenvalue weighted by molar-refractivity contribution is 0.135. The maximum absolute atomic E-state index is 5.69. The molecule has 0 spiro atoms. The summed E-state index contributed by atoms with van der Waals surface area (Å²) >= 11 is 1.75. The number of thiazole rings is 1.